The predicted molar refractivity (Wildman–Crippen MR) is 255 cm³/mol. The van der Waals surface area contributed by atoms with Crippen molar-refractivity contribution in [3.63, 3.8) is 0 Å². The second kappa shape index (κ2) is 24.6. The van der Waals surface area contributed by atoms with E-state index in [4.69, 9.17) is 31.4 Å². The van der Waals surface area contributed by atoms with Gasteiger partial charge in [-0.1, -0.05) is 26.0 Å². The van der Waals surface area contributed by atoms with E-state index in [1.54, 1.807) is 50.2 Å². The molecule has 10 N–H and O–H groups in total. The zero-order chi connectivity index (χ0) is 49.5. The molecular formula is C49H63N11O8. The van der Waals surface area contributed by atoms with Gasteiger partial charge in [0.2, 0.25) is 23.6 Å². The minimum Gasteiger partial charge on any atom is -0.492 e. The third kappa shape index (κ3) is 12.8. The number of carbonyl (C=O) groups excluding carboxylic acids is 5. The summed E-state index contributed by atoms with van der Waals surface area (Å²) in [5, 5.41) is 19.9. The van der Waals surface area contributed by atoms with Crippen molar-refractivity contribution < 1.29 is 38.2 Å². The average Bonchev–Trinajstić information content (AvgIpc) is 3.32. The summed E-state index contributed by atoms with van der Waals surface area (Å²) in [5.74, 6) is -1.48. The number of likely N-dealkylation sites (N-methyl/N-ethyl adjacent to an activating group) is 1. The highest BCUT2D eigenvalue weighted by Gasteiger charge is 2.36. The van der Waals surface area contributed by atoms with Gasteiger partial charge in [-0.3, -0.25) is 24.0 Å². The van der Waals surface area contributed by atoms with Gasteiger partial charge in [0, 0.05) is 43.2 Å². The number of nitriles is 1. The molecule has 19 nitrogen and oxygen atoms in total. The van der Waals surface area contributed by atoms with E-state index in [-0.39, 0.29) is 63.9 Å². The quantitative estimate of drug-likeness (QED) is 0.0666. The SMILES string of the molecule is CCC(CC)Oc1ccc(-c2nc(C)c(C(=O)N[C@@H](CCN)C(=O)N(C)[C@@H]3C(=O)N[C@@H](C)C(=O)N[C@H](C(=O)NCC#N)Cc4ccc(OCCN)c(c4)-c4cc3ccc4OCCN)c(C)n2)cc1. The molecular weight excluding hydrogens is 871 g/mol. The number of ether oxygens (including phenoxy) is 3. The molecule has 0 fully saturated rings. The molecule has 68 heavy (non-hydrogen) atoms. The molecule has 5 rings (SSSR count). The lowest BCUT2D eigenvalue weighted by Gasteiger charge is -2.32. The minimum absolute atomic E-state index is 0.00171. The Morgan fingerprint density at radius 3 is 2.07 bits per heavy atom. The Hall–Kier alpha value is -7.14. The van der Waals surface area contributed by atoms with Crippen molar-refractivity contribution in [2.75, 3.05) is 46.4 Å². The number of aromatic nitrogens is 2. The molecule has 1 aromatic heterocycles. The molecule has 4 aromatic rings. The zero-order valence-electron chi connectivity index (χ0n) is 39.5. The van der Waals surface area contributed by atoms with Crippen LogP contribution in [-0.2, 0) is 25.6 Å². The fourth-order valence-electron chi connectivity index (χ4n) is 7.86. The van der Waals surface area contributed by atoms with Crippen LogP contribution in [-0.4, -0.2) is 115 Å². The van der Waals surface area contributed by atoms with Gasteiger partial charge < -0.3 is 57.6 Å². The van der Waals surface area contributed by atoms with Crippen LogP contribution in [0.25, 0.3) is 22.5 Å². The molecule has 4 bridgehead atoms. The fourth-order valence-corrected chi connectivity index (χ4v) is 7.86. The Balaban J connectivity index is 1.54. The number of fused-ring (bicyclic) bond motifs is 5. The number of aryl methyl sites for hydroxylation is 2. The molecule has 19 heteroatoms. The van der Waals surface area contributed by atoms with Gasteiger partial charge in [0.15, 0.2) is 5.82 Å². The summed E-state index contributed by atoms with van der Waals surface area (Å²) in [5.41, 5.74) is 21.2. The number of rotatable bonds is 19. The van der Waals surface area contributed by atoms with Crippen molar-refractivity contribution in [3.8, 4) is 45.8 Å². The molecule has 1 aliphatic heterocycles. The number of nitrogens with zero attached hydrogens (tertiary/aromatic N) is 4. The number of benzene rings is 3. The first-order valence-electron chi connectivity index (χ1n) is 22.8. The van der Waals surface area contributed by atoms with Crippen LogP contribution < -0.4 is 52.7 Å². The van der Waals surface area contributed by atoms with Crippen LogP contribution in [0.2, 0.25) is 0 Å². The van der Waals surface area contributed by atoms with E-state index in [0.29, 0.717) is 51.0 Å². The zero-order valence-corrected chi connectivity index (χ0v) is 39.5. The number of nitrogens with one attached hydrogen (secondary N) is 4. The molecule has 0 radical (unpaired) electrons. The van der Waals surface area contributed by atoms with Crippen LogP contribution in [0.3, 0.4) is 0 Å². The van der Waals surface area contributed by atoms with Gasteiger partial charge in [0.1, 0.15) is 61.2 Å². The van der Waals surface area contributed by atoms with Gasteiger partial charge in [-0.2, -0.15) is 5.26 Å². The van der Waals surface area contributed by atoms with E-state index >= 15 is 0 Å². The highest BCUT2D eigenvalue weighted by Crippen LogP contribution is 2.40. The highest BCUT2D eigenvalue weighted by atomic mass is 16.5. The summed E-state index contributed by atoms with van der Waals surface area (Å²) >= 11 is 0. The smallest absolute Gasteiger partial charge is 0.255 e. The third-order valence-corrected chi connectivity index (χ3v) is 11.4. The van der Waals surface area contributed by atoms with E-state index in [1.165, 1.54) is 18.9 Å². The van der Waals surface area contributed by atoms with Crippen LogP contribution in [0.15, 0.2) is 60.7 Å². The van der Waals surface area contributed by atoms with Crippen molar-refractivity contribution in [2.45, 2.75) is 90.6 Å². The van der Waals surface area contributed by atoms with Gasteiger partial charge in [0.25, 0.3) is 5.91 Å². The second-order valence-corrected chi connectivity index (χ2v) is 16.4. The molecule has 1 aliphatic rings. The predicted octanol–water partition coefficient (Wildman–Crippen LogP) is 2.50. The maximum absolute atomic E-state index is 14.7. The molecule has 0 aliphatic carbocycles. The van der Waals surface area contributed by atoms with E-state index in [9.17, 15) is 29.2 Å². The fraction of sp³-hybridized carbons (Fsp3) is 0.429. The van der Waals surface area contributed by atoms with Crippen molar-refractivity contribution in [3.05, 3.63) is 88.7 Å². The summed E-state index contributed by atoms with van der Waals surface area (Å²) in [4.78, 5) is 81.1. The molecule has 0 unspecified atom stereocenters. The van der Waals surface area contributed by atoms with Crippen LogP contribution in [0, 0.1) is 25.2 Å². The molecule has 5 amide bonds. The average molecular weight is 934 g/mol. The van der Waals surface area contributed by atoms with Crippen LogP contribution in [0.1, 0.15) is 78.9 Å². The standard InChI is InChI=1S/C49H63N11O8/c1-7-34(8-2)68-35-13-10-32(11-14-35)44-55-28(3)42(29(4)56-44)47(63)58-38(17-18-50)49(65)60(6)43-33-12-16-41(67-24-21-53)37(27-33)36-25-31(9-15-40(36)66-23-20-52)26-39(46(62)54-22-19-51)59-45(61)30(5)57-48(43)64/h9-16,25,27,30,34,38-39,43H,7-8,17-18,20-24,26,50,52-53H2,1-6H3,(H,54,62)(H,57,64)(H,58,63)(H,59,61)/t30-,38-,39-,43-/m0/s1. The second-order valence-electron chi connectivity index (χ2n) is 16.4. The van der Waals surface area contributed by atoms with Crippen molar-refractivity contribution in [1.82, 2.24) is 36.1 Å². The lowest BCUT2D eigenvalue weighted by atomic mass is 9.93. The molecule has 0 saturated carbocycles. The monoisotopic (exact) mass is 933 g/mol. The molecule has 362 valence electrons. The lowest BCUT2D eigenvalue weighted by molar-refractivity contribution is -0.141. The summed E-state index contributed by atoms with van der Waals surface area (Å²) in [6, 6.07) is 14.4. The Labute approximate surface area is 396 Å². The van der Waals surface area contributed by atoms with E-state index in [0.717, 1.165) is 24.2 Å². The van der Waals surface area contributed by atoms with E-state index in [1.807, 2.05) is 30.3 Å². The Bertz CT molecular complexity index is 2450. The van der Waals surface area contributed by atoms with E-state index < -0.39 is 53.7 Å². The van der Waals surface area contributed by atoms with Gasteiger partial charge in [-0.05, 0) is 106 Å². The largest absolute Gasteiger partial charge is 0.492 e. The maximum Gasteiger partial charge on any atom is 0.255 e. The molecule has 2 heterocycles. The molecule has 0 spiro atoms. The van der Waals surface area contributed by atoms with Crippen molar-refractivity contribution in [2.24, 2.45) is 17.2 Å². The highest BCUT2D eigenvalue weighted by molar-refractivity contribution is 6.00. The Morgan fingerprint density at radius 1 is 0.868 bits per heavy atom. The molecule has 3 aromatic carbocycles. The summed E-state index contributed by atoms with van der Waals surface area (Å²) < 4.78 is 18.3. The van der Waals surface area contributed by atoms with Crippen LogP contribution >= 0.6 is 0 Å². The first-order chi connectivity index (χ1) is 32.7. The number of amides is 5. The van der Waals surface area contributed by atoms with Crippen LogP contribution in [0.5, 0.6) is 17.2 Å². The summed E-state index contributed by atoms with van der Waals surface area (Å²) in [6.07, 6.45) is 1.85. The molecule has 4 atom stereocenters. The Kier molecular flexibility index (Phi) is 18.7. The first-order valence-corrected chi connectivity index (χ1v) is 22.8. The summed E-state index contributed by atoms with van der Waals surface area (Å²) in [7, 11) is 1.41. The van der Waals surface area contributed by atoms with Gasteiger partial charge >= 0.3 is 0 Å². The number of carbonyl (C=O) groups is 5. The minimum atomic E-state index is -1.41. The number of nitrogens with two attached hydrogens (primary N) is 3. The van der Waals surface area contributed by atoms with Crippen LogP contribution in [0.4, 0.5) is 0 Å². The molecule has 0 saturated heterocycles. The topological polar surface area (TPSA) is 292 Å². The van der Waals surface area contributed by atoms with Gasteiger partial charge in [0.05, 0.1) is 29.1 Å². The first kappa shape index (κ1) is 51.8. The normalized spacial score (nSPS) is 16.3. The van der Waals surface area contributed by atoms with E-state index in [2.05, 4.69) is 45.1 Å². The van der Waals surface area contributed by atoms with Crippen molar-refractivity contribution in [1.29, 1.82) is 5.26 Å². The summed E-state index contributed by atoms with van der Waals surface area (Å²) in [6.45, 7) is 9.29. The van der Waals surface area contributed by atoms with Crippen molar-refractivity contribution >= 4 is 29.5 Å². The Morgan fingerprint density at radius 2 is 1.49 bits per heavy atom. The number of hydrogen-bond donors (Lipinski definition) is 7. The number of hydrogen-bond acceptors (Lipinski definition) is 14. The maximum atomic E-state index is 14.7. The van der Waals surface area contributed by atoms with Gasteiger partial charge in [-0.15, -0.1) is 0 Å². The van der Waals surface area contributed by atoms with Gasteiger partial charge in [-0.25, -0.2) is 9.97 Å². The lowest BCUT2D eigenvalue weighted by Crippen LogP contribution is -2.56. The third-order valence-electron chi connectivity index (χ3n) is 11.4.